The SMILES string of the molecule is CCCCC(CCc1cccnc1)NN. The van der Waals surface area contributed by atoms with Crippen LogP contribution in [0.4, 0.5) is 0 Å². The van der Waals surface area contributed by atoms with Gasteiger partial charge in [0.15, 0.2) is 0 Å². The first-order chi connectivity index (χ1) is 7.36. The fourth-order valence-corrected chi connectivity index (χ4v) is 1.65. The number of nitrogens with zero attached hydrogens (tertiary/aromatic N) is 1. The van der Waals surface area contributed by atoms with Gasteiger partial charge in [-0.2, -0.15) is 0 Å². The van der Waals surface area contributed by atoms with Gasteiger partial charge in [-0.15, -0.1) is 0 Å². The Morgan fingerprint density at radius 1 is 1.47 bits per heavy atom. The van der Waals surface area contributed by atoms with Gasteiger partial charge in [0.05, 0.1) is 0 Å². The van der Waals surface area contributed by atoms with E-state index in [9.17, 15) is 0 Å². The van der Waals surface area contributed by atoms with Crippen LogP contribution in [0.3, 0.4) is 0 Å². The summed E-state index contributed by atoms with van der Waals surface area (Å²) in [6.07, 6.45) is 9.49. The summed E-state index contributed by atoms with van der Waals surface area (Å²) < 4.78 is 0. The van der Waals surface area contributed by atoms with E-state index in [0.717, 1.165) is 19.3 Å². The minimum absolute atomic E-state index is 0.435. The first kappa shape index (κ1) is 12.1. The molecule has 1 rings (SSSR count). The number of hydrazine groups is 1. The summed E-state index contributed by atoms with van der Waals surface area (Å²) in [7, 11) is 0. The summed E-state index contributed by atoms with van der Waals surface area (Å²) >= 11 is 0. The molecule has 3 N–H and O–H groups in total. The van der Waals surface area contributed by atoms with E-state index in [-0.39, 0.29) is 0 Å². The minimum atomic E-state index is 0.435. The molecule has 0 saturated heterocycles. The number of pyridine rings is 1. The molecule has 0 radical (unpaired) electrons. The van der Waals surface area contributed by atoms with E-state index in [1.165, 1.54) is 18.4 Å². The number of hydrogen-bond acceptors (Lipinski definition) is 3. The zero-order valence-electron chi connectivity index (χ0n) is 9.45. The number of rotatable bonds is 7. The lowest BCUT2D eigenvalue weighted by Crippen LogP contribution is -2.35. The largest absolute Gasteiger partial charge is 0.271 e. The number of unbranched alkanes of at least 4 members (excludes halogenated alkanes) is 1. The first-order valence-electron chi connectivity index (χ1n) is 5.71. The predicted octanol–water partition coefficient (Wildman–Crippen LogP) is 2.04. The molecule has 0 bridgehead atoms. The maximum atomic E-state index is 5.51. The van der Waals surface area contributed by atoms with Gasteiger partial charge in [-0.05, 0) is 30.9 Å². The average Bonchev–Trinajstić information content (AvgIpc) is 2.31. The second kappa shape index (κ2) is 7.37. The molecule has 15 heavy (non-hydrogen) atoms. The number of nitrogens with two attached hydrogens (primary N) is 1. The highest BCUT2D eigenvalue weighted by molar-refractivity contribution is 5.08. The molecular weight excluding hydrogens is 186 g/mol. The molecular formula is C12H21N3. The van der Waals surface area contributed by atoms with E-state index in [0.29, 0.717) is 6.04 Å². The molecule has 0 aromatic carbocycles. The van der Waals surface area contributed by atoms with Crippen LogP contribution in [0, 0.1) is 0 Å². The Balaban J connectivity index is 2.28. The Hall–Kier alpha value is -0.930. The Labute approximate surface area is 92.1 Å². The second-order valence-corrected chi connectivity index (χ2v) is 3.91. The number of aromatic nitrogens is 1. The van der Waals surface area contributed by atoms with E-state index in [1.807, 2.05) is 12.3 Å². The number of aryl methyl sites for hydroxylation is 1. The lowest BCUT2D eigenvalue weighted by molar-refractivity contribution is 0.449. The molecule has 0 aliphatic carbocycles. The molecule has 1 unspecified atom stereocenters. The zero-order valence-corrected chi connectivity index (χ0v) is 9.45. The summed E-state index contributed by atoms with van der Waals surface area (Å²) in [4.78, 5) is 4.10. The van der Waals surface area contributed by atoms with E-state index in [1.54, 1.807) is 6.20 Å². The third-order valence-electron chi connectivity index (χ3n) is 2.65. The van der Waals surface area contributed by atoms with Gasteiger partial charge < -0.3 is 0 Å². The maximum Gasteiger partial charge on any atom is 0.0299 e. The van der Waals surface area contributed by atoms with Crippen molar-refractivity contribution in [1.82, 2.24) is 10.4 Å². The molecule has 0 aliphatic rings. The Bertz CT molecular complexity index is 248. The van der Waals surface area contributed by atoms with Crippen LogP contribution >= 0.6 is 0 Å². The van der Waals surface area contributed by atoms with Gasteiger partial charge in [-0.3, -0.25) is 16.3 Å². The highest BCUT2D eigenvalue weighted by Gasteiger charge is 2.05. The topological polar surface area (TPSA) is 50.9 Å². The lowest BCUT2D eigenvalue weighted by Gasteiger charge is -2.14. The van der Waals surface area contributed by atoms with Crippen molar-refractivity contribution in [3.05, 3.63) is 30.1 Å². The molecule has 1 atom stereocenters. The van der Waals surface area contributed by atoms with Crippen LogP contribution in [0.15, 0.2) is 24.5 Å². The van der Waals surface area contributed by atoms with Crippen molar-refractivity contribution in [2.75, 3.05) is 0 Å². The molecule has 0 spiro atoms. The first-order valence-corrected chi connectivity index (χ1v) is 5.71. The zero-order chi connectivity index (χ0) is 10.9. The monoisotopic (exact) mass is 207 g/mol. The molecule has 84 valence electrons. The van der Waals surface area contributed by atoms with Crippen LogP contribution in [0.5, 0.6) is 0 Å². The van der Waals surface area contributed by atoms with Crippen LogP contribution in [0.25, 0.3) is 0 Å². The summed E-state index contributed by atoms with van der Waals surface area (Å²) in [6, 6.07) is 4.53. The molecule has 1 aromatic heterocycles. The van der Waals surface area contributed by atoms with Gasteiger partial charge in [0.1, 0.15) is 0 Å². The molecule has 0 fully saturated rings. The summed E-state index contributed by atoms with van der Waals surface area (Å²) in [5.41, 5.74) is 4.17. The van der Waals surface area contributed by atoms with Crippen LogP contribution in [-0.4, -0.2) is 11.0 Å². The molecule has 0 aliphatic heterocycles. The summed E-state index contributed by atoms with van der Waals surface area (Å²) in [6.45, 7) is 2.20. The van der Waals surface area contributed by atoms with Gasteiger partial charge in [0.25, 0.3) is 0 Å². The van der Waals surface area contributed by atoms with Gasteiger partial charge in [-0.1, -0.05) is 25.8 Å². The van der Waals surface area contributed by atoms with Crippen LogP contribution in [-0.2, 0) is 6.42 Å². The number of nitrogens with one attached hydrogen (secondary N) is 1. The highest BCUT2D eigenvalue weighted by atomic mass is 15.2. The lowest BCUT2D eigenvalue weighted by atomic mass is 10.0. The second-order valence-electron chi connectivity index (χ2n) is 3.91. The quantitative estimate of drug-likeness (QED) is 0.531. The Morgan fingerprint density at radius 2 is 2.33 bits per heavy atom. The van der Waals surface area contributed by atoms with Crippen LogP contribution in [0.1, 0.15) is 38.2 Å². The van der Waals surface area contributed by atoms with Crippen LogP contribution in [0.2, 0.25) is 0 Å². The Morgan fingerprint density at radius 3 is 2.93 bits per heavy atom. The van der Waals surface area contributed by atoms with Crippen molar-refractivity contribution in [3.8, 4) is 0 Å². The minimum Gasteiger partial charge on any atom is -0.271 e. The molecule has 3 nitrogen and oxygen atoms in total. The van der Waals surface area contributed by atoms with Crippen molar-refractivity contribution in [2.45, 2.75) is 45.1 Å². The third kappa shape index (κ3) is 4.91. The average molecular weight is 207 g/mol. The third-order valence-corrected chi connectivity index (χ3v) is 2.65. The van der Waals surface area contributed by atoms with E-state index in [2.05, 4.69) is 23.4 Å². The van der Waals surface area contributed by atoms with E-state index < -0.39 is 0 Å². The Kier molecular flexibility index (Phi) is 5.97. The van der Waals surface area contributed by atoms with Crippen LogP contribution < -0.4 is 11.3 Å². The van der Waals surface area contributed by atoms with Gasteiger partial charge in [-0.25, -0.2) is 0 Å². The van der Waals surface area contributed by atoms with Crippen molar-refractivity contribution < 1.29 is 0 Å². The maximum absolute atomic E-state index is 5.51. The van der Waals surface area contributed by atoms with E-state index >= 15 is 0 Å². The molecule has 3 heteroatoms. The van der Waals surface area contributed by atoms with Gasteiger partial charge in [0, 0.05) is 18.4 Å². The summed E-state index contributed by atoms with van der Waals surface area (Å²) in [5.74, 6) is 5.51. The normalized spacial score (nSPS) is 12.7. The predicted molar refractivity (Wildman–Crippen MR) is 63.2 cm³/mol. The van der Waals surface area contributed by atoms with Crippen molar-refractivity contribution >= 4 is 0 Å². The number of hydrogen-bond donors (Lipinski definition) is 2. The molecule has 0 amide bonds. The molecule has 0 saturated carbocycles. The van der Waals surface area contributed by atoms with Crippen molar-refractivity contribution in [1.29, 1.82) is 0 Å². The molecule has 1 heterocycles. The molecule has 1 aromatic rings. The summed E-state index contributed by atoms with van der Waals surface area (Å²) in [5, 5.41) is 0. The van der Waals surface area contributed by atoms with Gasteiger partial charge >= 0.3 is 0 Å². The highest BCUT2D eigenvalue weighted by Crippen LogP contribution is 2.08. The van der Waals surface area contributed by atoms with Gasteiger partial charge in [0.2, 0.25) is 0 Å². The fourth-order valence-electron chi connectivity index (χ4n) is 1.65. The van der Waals surface area contributed by atoms with E-state index in [4.69, 9.17) is 5.84 Å². The van der Waals surface area contributed by atoms with Crippen molar-refractivity contribution in [2.24, 2.45) is 5.84 Å². The smallest absolute Gasteiger partial charge is 0.0299 e. The van der Waals surface area contributed by atoms with Crippen molar-refractivity contribution in [3.63, 3.8) is 0 Å². The fraction of sp³-hybridized carbons (Fsp3) is 0.583. The standard InChI is InChI=1S/C12H21N3/c1-2-3-6-12(15-13)8-7-11-5-4-9-14-10-11/h4-5,9-10,12,15H,2-3,6-8,13H2,1H3.